The van der Waals surface area contributed by atoms with Gasteiger partial charge in [0.25, 0.3) is 5.91 Å². The lowest BCUT2D eigenvalue weighted by Gasteiger charge is -2.22. The standard InChI is InChI=1S/C22H30N4O/c1-22(2,3)26-20(16-9-10-16)11-19(24-26)21(27)25-13-17(12-23)18(14-25)15-7-5-4-6-8-15/h4-8,11,16-18H,9-10,12-14,23H2,1-3H3/t17-,18+/m1/s1. The molecule has 1 amide bonds. The highest BCUT2D eigenvalue weighted by Gasteiger charge is 2.38. The van der Waals surface area contributed by atoms with Crippen molar-refractivity contribution in [2.75, 3.05) is 19.6 Å². The van der Waals surface area contributed by atoms with Crippen LogP contribution in [-0.4, -0.2) is 40.2 Å². The van der Waals surface area contributed by atoms with E-state index < -0.39 is 0 Å². The predicted octanol–water partition coefficient (Wildman–Crippen LogP) is 3.33. The van der Waals surface area contributed by atoms with Crippen molar-refractivity contribution in [1.82, 2.24) is 14.7 Å². The van der Waals surface area contributed by atoms with E-state index in [4.69, 9.17) is 10.8 Å². The van der Waals surface area contributed by atoms with Crippen molar-refractivity contribution in [2.45, 2.75) is 51.0 Å². The average Bonchev–Trinajstić information content (AvgIpc) is 3.24. The van der Waals surface area contributed by atoms with Crippen LogP contribution in [0.2, 0.25) is 0 Å². The summed E-state index contributed by atoms with van der Waals surface area (Å²) in [5.74, 6) is 1.19. The van der Waals surface area contributed by atoms with Crippen LogP contribution in [0.25, 0.3) is 0 Å². The van der Waals surface area contributed by atoms with Crippen molar-refractivity contribution in [1.29, 1.82) is 0 Å². The maximum Gasteiger partial charge on any atom is 0.274 e. The summed E-state index contributed by atoms with van der Waals surface area (Å²) in [5, 5.41) is 4.73. The largest absolute Gasteiger partial charge is 0.336 e. The summed E-state index contributed by atoms with van der Waals surface area (Å²) in [7, 11) is 0. The Labute approximate surface area is 161 Å². The molecule has 0 spiro atoms. The van der Waals surface area contributed by atoms with Gasteiger partial charge < -0.3 is 10.6 Å². The van der Waals surface area contributed by atoms with E-state index in [1.54, 1.807) is 0 Å². The molecule has 0 bridgehead atoms. The molecule has 2 aliphatic rings. The van der Waals surface area contributed by atoms with Crippen molar-refractivity contribution in [3.63, 3.8) is 0 Å². The fourth-order valence-electron chi connectivity index (χ4n) is 4.22. The molecular weight excluding hydrogens is 336 g/mol. The molecule has 2 heterocycles. The molecule has 5 nitrogen and oxygen atoms in total. The summed E-state index contributed by atoms with van der Waals surface area (Å²) in [5.41, 5.74) is 8.98. The lowest BCUT2D eigenvalue weighted by atomic mass is 9.89. The number of nitrogens with two attached hydrogens (primary N) is 1. The fraction of sp³-hybridized carbons (Fsp3) is 0.545. The molecule has 2 aromatic rings. The van der Waals surface area contributed by atoms with E-state index in [9.17, 15) is 4.79 Å². The highest BCUT2D eigenvalue weighted by atomic mass is 16.2. The minimum atomic E-state index is -0.117. The molecule has 1 saturated carbocycles. The van der Waals surface area contributed by atoms with Gasteiger partial charge in [-0.3, -0.25) is 9.48 Å². The monoisotopic (exact) mass is 366 g/mol. The molecule has 5 heteroatoms. The molecule has 1 saturated heterocycles. The number of aromatic nitrogens is 2. The zero-order valence-electron chi connectivity index (χ0n) is 16.6. The second kappa shape index (κ2) is 6.79. The Morgan fingerprint density at radius 1 is 1.19 bits per heavy atom. The van der Waals surface area contributed by atoms with Crippen LogP contribution < -0.4 is 5.73 Å². The van der Waals surface area contributed by atoms with Gasteiger partial charge in [0.05, 0.1) is 5.54 Å². The van der Waals surface area contributed by atoms with Crippen molar-refractivity contribution < 1.29 is 4.79 Å². The molecule has 2 N–H and O–H groups in total. The third-order valence-corrected chi connectivity index (χ3v) is 5.85. The van der Waals surface area contributed by atoms with Gasteiger partial charge >= 0.3 is 0 Å². The number of hydrogen-bond donors (Lipinski definition) is 1. The molecule has 4 rings (SSSR count). The van der Waals surface area contributed by atoms with Crippen molar-refractivity contribution in [2.24, 2.45) is 11.7 Å². The second-order valence-corrected chi connectivity index (χ2v) is 9.03. The third-order valence-electron chi connectivity index (χ3n) is 5.85. The van der Waals surface area contributed by atoms with Gasteiger partial charge in [0, 0.05) is 30.6 Å². The van der Waals surface area contributed by atoms with Crippen LogP contribution in [0.3, 0.4) is 0 Å². The lowest BCUT2D eigenvalue weighted by molar-refractivity contribution is 0.0779. The molecule has 1 aromatic carbocycles. The van der Waals surface area contributed by atoms with Gasteiger partial charge in [-0.05, 0) is 57.7 Å². The highest BCUT2D eigenvalue weighted by Crippen LogP contribution is 2.42. The average molecular weight is 367 g/mol. The molecule has 0 unspecified atom stereocenters. The molecule has 2 atom stereocenters. The number of benzene rings is 1. The number of carbonyl (C=O) groups excluding carboxylic acids is 1. The Hall–Kier alpha value is -2.14. The molecular formula is C22H30N4O. The quantitative estimate of drug-likeness (QED) is 0.903. The van der Waals surface area contributed by atoms with Gasteiger partial charge in [-0.1, -0.05) is 30.3 Å². The summed E-state index contributed by atoms with van der Waals surface area (Å²) in [6, 6.07) is 12.4. The van der Waals surface area contributed by atoms with Crippen LogP contribution in [-0.2, 0) is 5.54 Å². The van der Waals surface area contributed by atoms with Gasteiger partial charge in [-0.2, -0.15) is 5.10 Å². The van der Waals surface area contributed by atoms with E-state index in [1.807, 2.05) is 17.0 Å². The SMILES string of the molecule is CC(C)(C)n1nc(C(=O)N2C[C@@H](CN)[C@H](c3ccccc3)C2)cc1C1CC1. The van der Waals surface area contributed by atoms with Crippen LogP contribution in [0, 0.1) is 5.92 Å². The van der Waals surface area contributed by atoms with Gasteiger partial charge in [-0.15, -0.1) is 0 Å². The molecule has 1 aliphatic heterocycles. The Morgan fingerprint density at radius 2 is 1.89 bits per heavy atom. The summed E-state index contributed by atoms with van der Waals surface area (Å²) < 4.78 is 2.06. The minimum absolute atomic E-state index is 0.0387. The zero-order valence-corrected chi connectivity index (χ0v) is 16.6. The first-order chi connectivity index (χ1) is 12.9. The molecule has 2 fully saturated rings. The Morgan fingerprint density at radius 3 is 2.48 bits per heavy atom. The summed E-state index contributed by atoms with van der Waals surface area (Å²) in [6.45, 7) is 8.44. The van der Waals surface area contributed by atoms with Crippen molar-refractivity contribution in [3.05, 3.63) is 53.3 Å². The van der Waals surface area contributed by atoms with E-state index in [-0.39, 0.29) is 11.4 Å². The third kappa shape index (κ3) is 3.53. The van der Waals surface area contributed by atoms with Crippen LogP contribution in [0.15, 0.2) is 36.4 Å². The Balaban J connectivity index is 1.58. The second-order valence-electron chi connectivity index (χ2n) is 9.03. The first-order valence-electron chi connectivity index (χ1n) is 10.0. The number of likely N-dealkylation sites (tertiary alicyclic amines) is 1. The summed E-state index contributed by atoms with van der Waals surface area (Å²) >= 11 is 0. The van der Waals surface area contributed by atoms with Crippen molar-refractivity contribution in [3.8, 4) is 0 Å². The smallest absolute Gasteiger partial charge is 0.274 e. The zero-order chi connectivity index (χ0) is 19.2. The molecule has 0 radical (unpaired) electrons. The maximum atomic E-state index is 13.2. The van der Waals surface area contributed by atoms with E-state index in [2.05, 4.69) is 49.7 Å². The van der Waals surface area contributed by atoms with Crippen LogP contribution in [0.5, 0.6) is 0 Å². The normalized spacial score (nSPS) is 23.0. The van der Waals surface area contributed by atoms with Crippen LogP contribution in [0.1, 0.15) is 67.2 Å². The van der Waals surface area contributed by atoms with Gasteiger partial charge in [-0.25, -0.2) is 0 Å². The van der Waals surface area contributed by atoms with E-state index in [1.165, 1.54) is 24.1 Å². The predicted molar refractivity (Wildman–Crippen MR) is 107 cm³/mol. The lowest BCUT2D eigenvalue weighted by Crippen LogP contribution is -2.31. The number of hydrogen-bond acceptors (Lipinski definition) is 3. The first kappa shape index (κ1) is 18.2. The molecule has 27 heavy (non-hydrogen) atoms. The number of amides is 1. The van der Waals surface area contributed by atoms with Gasteiger partial charge in [0.15, 0.2) is 5.69 Å². The number of carbonyl (C=O) groups is 1. The molecule has 1 aromatic heterocycles. The number of rotatable bonds is 4. The van der Waals surface area contributed by atoms with Crippen LogP contribution in [0.4, 0.5) is 0 Å². The Kier molecular flexibility index (Phi) is 4.58. The topological polar surface area (TPSA) is 64.2 Å². The maximum absolute atomic E-state index is 13.2. The van der Waals surface area contributed by atoms with Gasteiger partial charge in [0.1, 0.15) is 0 Å². The van der Waals surface area contributed by atoms with Gasteiger partial charge in [0.2, 0.25) is 0 Å². The van der Waals surface area contributed by atoms with Crippen molar-refractivity contribution >= 4 is 5.91 Å². The van der Waals surface area contributed by atoms with E-state index in [0.29, 0.717) is 43.1 Å². The minimum Gasteiger partial charge on any atom is -0.336 e. The highest BCUT2D eigenvalue weighted by molar-refractivity contribution is 5.92. The first-order valence-corrected chi connectivity index (χ1v) is 10.0. The molecule has 1 aliphatic carbocycles. The van der Waals surface area contributed by atoms with E-state index in [0.717, 1.165) is 0 Å². The number of nitrogens with zero attached hydrogens (tertiary/aromatic N) is 3. The molecule has 144 valence electrons. The summed E-state index contributed by atoms with van der Waals surface area (Å²) in [4.78, 5) is 15.2. The van der Waals surface area contributed by atoms with E-state index >= 15 is 0 Å². The summed E-state index contributed by atoms with van der Waals surface area (Å²) in [6.07, 6.45) is 2.40. The van der Waals surface area contributed by atoms with Crippen LogP contribution >= 0.6 is 0 Å². The fourth-order valence-corrected chi connectivity index (χ4v) is 4.22. The Bertz CT molecular complexity index is 817.